The Hall–Kier alpha value is -1.85. The van der Waals surface area contributed by atoms with Crippen LogP contribution in [0.4, 0.5) is 5.69 Å². The van der Waals surface area contributed by atoms with E-state index >= 15 is 0 Å². The predicted molar refractivity (Wildman–Crippen MR) is 135 cm³/mol. The molecule has 4 nitrogen and oxygen atoms in total. The molecule has 2 saturated heterocycles. The van der Waals surface area contributed by atoms with Gasteiger partial charge in [0.2, 0.25) is 0 Å². The van der Waals surface area contributed by atoms with E-state index in [1.165, 1.54) is 57.9 Å². The number of anilines is 1. The van der Waals surface area contributed by atoms with Gasteiger partial charge in [-0.25, -0.2) is 4.79 Å². The quantitative estimate of drug-likeness (QED) is 0.493. The van der Waals surface area contributed by atoms with Crippen LogP contribution in [-0.4, -0.2) is 41.7 Å². The molecule has 174 valence electrons. The first-order chi connectivity index (χ1) is 16.0. The highest BCUT2D eigenvalue weighted by Crippen LogP contribution is 2.55. The number of carboxylic acid groups (broad SMARTS) is 1. The summed E-state index contributed by atoms with van der Waals surface area (Å²) in [5.74, 6) is -0.0585. The van der Waals surface area contributed by atoms with Crippen molar-refractivity contribution in [3.63, 3.8) is 0 Å². The minimum atomic E-state index is -0.883. The van der Waals surface area contributed by atoms with Crippen molar-refractivity contribution in [3.05, 3.63) is 63.6 Å². The number of piperidine rings is 1. The first kappa shape index (κ1) is 21.7. The summed E-state index contributed by atoms with van der Waals surface area (Å²) < 4.78 is 0.669. The van der Waals surface area contributed by atoms with E-state index in [1.54, 1.807) is 17.2 Å². The van der Waals surface area contributed by atoms with Gasteiger partial charge in [-0.05, 0) is 115 Å². The Balaban J connectivity index is 1.09. The fraction of sp³-hybridized carbons (Fsp3) is 0.536. The van der Waals surface area contributed by atoms with Crippen LogP contribution in [0.1, 0.15) is 84.8 Å². The highest BCUT2D eigenvalue weighted by atomic mass is 79.9. The second-order valence-electron chi connectivity index (χ2n) is 10.8. The number of carbonyl (C=O) groups is 1. The largest absolute Gasteiger partial charge is 0.478 e. The average molecular weight is 509 g/mol. The van der Waals surface area contributed by atoms with Gasteiger partial charge in [-0.2, -0.15) is 0 Å². The van der Waals surface area contributed by atoms with Crippen LogP contribution >= 0.6 is 15.9 Å². The molecule has 2 aromatic rings. The van der Waals surface area contributed by atoms with Crippen molar-refractivity contribution in [3.8, 4) is 0 Å². The Labute approximate surface area is 205 Å². The van der Waals surface area contributed by atoms with E-state index in [1.807, 2.05) is 12.1 Å². The Morgan fingerprint density at radius 2 is 1.70 bits per heavy atom. The molecule has 1 spiro atoms. The van der Waals surface area contributed by atoms with Gasteiger partial charge >= 0.3 is 5.97 Å². The molecular formula is C28H33BrN2O2. The number of halogens is 1. The van der Waals surface area contributed by atoms with Crippen LogP contribution in [0.25, 0.3) is 0 Å². The normalized spacial score (nSPS) is 25.4. The van der Waals surface area contributed by atoms with Crippen molar-refractivity contribution in [2.75, 3.05) is 24.5 Å². The van der Waals surface area contributed by atoms with Crippen molar-refractivity contribution in [2.45, 2.75) is 69.4 Å². The number of benzene rings is 2. The van der Waals surface area contributed by atoms with Gasteiger partial charge in [-0.15, -0.1) is 0 Å². The lowest BCUT2D eigenvalue weighted by atomic mass is 9.59. The number of nitrogens with zero attached hydrogens (tertiary/aromatic N) is 2. The van der Waals surface area contributed by atoms with Gasteiger partial charge in [0.15, 0.2) is 0 Å². The maximum absolute atomic E-state index is 11.3. The van der Waals surface area contributed by atoms with E-state index in [9.17, 15) is 9.90 Å². The summed E-state index contributed by atoms with van der Waals surface area (Å²) in [5, 5.41) is 9.28. The molecule has 0 radical (unpaired) electrons. The van der Waals surface area contributed by atoms with E-state index in [-0.39, 0.29) is 0 Å². The summed E-state index contributed by atoms with van der Waals surface area (Å²) in [6.45, 7) is 3.40. The zero-order valence-electron chi connectivity index (χ0n) is 19.2. The van der Waals surface area contributed by atoms with E-state index in [0.29, 0.717) is 21.5 Å². The van der Waals surface area contributed by atoms with Crippen molar-refractivity contribution < 1.29 is 9.90 Å². The second kappa shape index (κ2) is 8.42. The van der Waals surface area contributed by atoms with E-state index < -0.39 is 5.97 Å². The number of likely N-dealkylation sites (tertiary alicyclic amines) is 1. The van der Waals surface area contributed by atoms with Crippen molar-refractivity contribution >= 4 is 27.6 Å². The summed E-state index contributed by atoms with van der Waals surface area (Å²) in [5.41, 5.74) is 5.24. The molecule has 0 bridgehead atoms. The van der Waals surface area contributed by atoms with Gasteiger partial charge in [0.1, 0.15) is 0 Å². The lowest BCUT2D eigenvalue weighted by Gasteiger charge is -2.56. The van der Waals surface area contributed by atoms with Gasteiger partial charge in [0, 0.05) is 35.3 Å². The molecule has 4 aliphatic rings. The summed E-state index contributed by atoms with van der Waals surface area (Å²) >= 11 is 3.44. The van der Waals surface area contributed by atoms with Gasteiger partial charge < -0.3 is 10.0 Å². The molecule has 33 heavy (non-hydrogen) atoms. The smallest absolute Gasteiger partial charge is 0.336 e. The van der Waals surface area contributed by atoms with Gasteiger partial charge in [0.05, 0.1) is 5.56 Å². The fourth-order valence-electron chi connectivity index (χ4n) is 6.84. The highest BCUT2D eigenvalue weighted by Gasteiger charge is 2.50. The maximum atomic E-state index is 11.3. The molecule has 2 saturated carbocycles. The molecule has 5 heteroatoms. The topological polar surface area (TPSA) is 43.8 Å². The van der Waals surface area contributed by atoms with Gasteiger partial charge in [0.25, 0.3) is 0 Å². The summed E-state index contributed by atoms with van der Waals surface area (Å²) in [7, 11) is 0. The monoisotopic (exact) mass is 508 g/mol. The molecule has 2 aromatic carbocycles. The first-order valence-electron chi connectivity index (χ1n) is 12.7. The molecule has 2 aliphatic heterocycles. The number of aromatic carboxylic acids is 1. The van der Waals surface area contributed by atoms with Crippen LogP contribution in [0, 0.1) is 5.41 Å². The minimum Gasteiger partial charge on any atom is -0.478 e. The Morgan fingerprint density at radius 3 is 2.36 bits per heavy atom. The molecule has 1 N–H and O–H groups in total. The summed E-state index contributed by atoms with van der Waals surface area (Å²) in [4.78, 5) is 16.6. The second-order valence-corrected chi connectivity index (χ2v) is 11.7. The Bertz CT molecular complexity index is 1050. The number of hydrogen-bond donors (Lipinski definition) is 1. The summed E-state index contributed by atoms with van der Waals surface area (Å²) in [6.07, 6.45) is 10.6. The van der Waals surface area contributed by atoms with Crippen LogP contribution < -0.4 is 4.90 Å². The number of rotatable bonds is 5. The lowest BCUT2D eigenvalue weighted by Crippen LogP contribution is -2.54. The zero-order chi connectivity index (χ0) is 22.6. The average Bonchev–Trinajstić information content (AvgIpc) is 3.54. The molecule has 1 unspecified atom stereocenters. The van der Waals surface area contributed by atoms with Crippen LogP contribution in [0.3, 0.4) is 0 Å². The fourth-order valence-corrected chi connectivity index (χ4v) is 7.37. The molecule has 4 fully saturated rings. The zero-order valence-corrected chi connectivity index (χ0v) is 20.8. The highest BCUT2D eigenvalue weighted by molar-refractivity contribution is 9.10. The summed E-state index contributed by atoms with van der Waals surface area (Å²) in [6, 6.07) is 16.3. The van der Waals surface area contributed by atoms with Crippen LogP contribution in [0.2, 0.25) is 0 Å². The van der Waals surface area contributed by atoms with Crippen molar-refractivity contribution in [1.82, 2.24) is 4.90 Å². The Kier molecular flexibility index (Phi) is 5.53. The number of carboxylic acids is 1. The van der Waals surface area contributed by atoms with Gasteiger partial charge in [-0.3, -0.25) is 4.90 Å². The molecular weight excluding hydrogens is 476 g/mol. The van der Waals surface area contributed by atoms with E-state index in [2.05, 4.69) is 50.0 Å². The molecule has 1 atom stereocenters. The van der Waals surface area contributed by atoms with Crippen molar-refractivity contribution in [1.29, 1.82) is 0 Å². The van der Waals surface area contributed by atoms with Gasteiger partial charge in [-0.1, -0.05) is 24.3 Å². The lowest BCUT2D eigenvalue weighted by molar-refractivity contribution is -0.0227. The van der Waals surface area contributed by atoms with Crippen LogP contribution in [0.5, 0.6) is 0 Å². The molecule has 0 aromatic heterocycles. The van der Waals surface area contributed by atoms with E-state index in [0.717, 1.165) is 30.7 Å². The molecule has 2 aliphatic carbocycles. The Morgan fingerprint density at radius 1 is 0.970 bits per heavy atom. The third kappa shape index (κ3) is 4.01. The first-order valence-corrected chi connectivity index (χ1v) is 13.4. The minimum absolute atomic E-state index is 0.331. The van der Waals surface area contributed by atoms with Crippen LogP contribution in [-0.2, 0) is 0 Å². The third-order valence-corrected chi connectivity index (χ3v) is 9.50. The SMILES string of the molecule is O=C(O)c1ccc(N2CCC3(CC2)CC(N2CCCC2c2ccccc2C2CC2)C3)cc1Br. The third-order valence-electron chi connectivity index (χ3n) is 8.85. The molecule has 2 heterocycles. The maximum Gasteiger partial charge on any atom is 0.336 e. The number of hydrogen-bond acceptors (Lipinski definition) is 3. The predicted octanol–water partition coefficient (Wildman–Crippen LogP) is 6.61. The molecule has 0 amide bonds. The van der Waals surface area contributed by atoms with Crippen LogP contribution in [0.15, 0.2) is 46.9 Å². The molecule has 6 rings (SSSR count). The van der Waals surface area contributed by atoms with E-state index in [4.69, 9.17) is 0 Å². The standard InChI is InChI=1S/C28H33BrN2O2/c29-25-16-20(9-10-24(25)27(32)33)30-14-11-28(12-15-30)17-21(18-28)31-13-3-6-26(31)23-5-2-1-4-22(23)19-7-8-19/h1-2,4-5,9-10,16,19,21,26H,3,6-8,11-15,17-18H2,(H,32,33). The van der Waals surface area contributed by atoms with Crippen molar-refractivity contribution in [2.24, 2.45) is 5.41 Å².